The highest BCUT2D eigenvalue weighted by atomic mass is 14.2. The van der Waals surface area contributed by atoms with Gasteiger partial charge in [-0.15, -0.1) is 0 Å². The molecule has 0 aromatic carbocycles. The van der Waals surface area contributed by atoms with Gasteiger partial charge in [0, 0.05) is 0 Å². The van der Waals surface area contributed by atoms with Gasteiger partial charge in [-0.1, -0.05) is 26.0 Å². The highest BCUT2D eigenvalue weighted by molar-refractivity contribution is 5.02. The molecule has 1 aliphatic rings. The molecule has 1 atom stereocenters. The molecule has 0 nitrogen and oxygen atoms in total. The summed E-state index contributed by atoms with van der Waals surface area (Å²) in [6, 6.07) is 0. The maximum atomic E-state index is 2.30. The van der Waals surface area contributed by atoms with Crippen LogP contribution in [0, 0.1) is 11.8 Å². The molecule has 0 heterocycles. The minimum Gasteiger partial charge on any atom is -0.0876 e. The Labute approximate surface area is 45.2 Å². The minimum absolute atomic E-state index is 0.866. The van der Waals surface area contributed by atoms with Gasteiger partial charge in [-0.25, -0.2) is 0 Å². The first-order chi connectivity index (χ1) is 3.30. The molecule has 0 radical (unpaired) electrons. The number of hydrogen-bond acceptors (Lipinski definition) is 0. The Kier molecular flexibility index (Phi) is 1.18. The van der Waals surface area contributed by atoms with E-state index in [-0.39, 0.29) is 0 Å². The molecular weight excluding hydrogens is 84.1 g/mol. The molecule has 0 spiro atoms. The van der Waals surface area contributed by atoms with Crippen LogP contribution in [0.5, 0.6) is 0 Å². The van der Waals surface area contributed by atoms with E-state index < -0.39 is 0 Å². The van der Waals surface area contributed by atoms with Crippen molar-refractivity contribution in [2.24, 2.45) is 11.8 Å². The molecule has 7 heavy (non-hydrogen) atoms. The molecule has 40 valence electrons. The second kappa shape index (κ2) is 1.69. The Morgan fingerprint density at radius 1 is 1.57 bits per heavy atom. The predicted octanol–water partition coefficient (Wildman–Crippen LogP) is 2.22. The van der Waals surface area contributed by atoms with E-state index in [0.29, 0.717) is 0 Å². The average molecular weight is 96.2 g/mol. The van der Waals surface area contributed by atoms with E-state index in [4.69, 9.17) is 0 Å². The zero-order valence-electron chi connectivity index (χ0n) is 5.02. The fraction of sp³-hybridized carbons (Fsp3) is 0.714. The molecule has 0 heteroatoms. The van der Waals surface area contributed by atoms with Gasteiger partial charge in [0.15, 0.2) is 0 Å². The topological polar surface area (TPSA) is 0 Å². The van der Waals surface area contributed by atoms with Gasteiger partial charge in [0.1, 0.15) is 0 Å². The lowest BCUT2D eigenvalue weighted by Gasteiger charge is -2.20. The third-order valence-corrected chi connectivity index (χ3v) is 1.65. The smallest absolute Gasteiger partial charge is 0.0176 e. The van der Waals surface area contributed by atoms with Crippen molar-refractivity contribution in [1.29, 1.82) is 0 Å². The van der Waals surface area contributed by atoms with Crippen LogP contribution >= 0.6 is 0 Å². The molecule has 0 N–H and O–H groups in total. The summed E-state index contributed by atoms with van der Waals surface area (Å²) in [7, 11) is 0. The number of rotatable bonds is 1. The van der Waals surface area contributed by atoms with Crippen molar-refractivity contribution < 1.29 is 0 Å². The maximum Gasteiger partial charge on any atom is -0.0176 e. The van der Waals surface area contributed by atoms with Crippen LogP contribution in [0.2, 0.25) is 0 Å². The Morgan fingerprint density at radius 2 is 2.14 bits per heavy atom. The number of hydrogen-bond donors (Lipinski definition) is 0. The molecule has 0 aromatic rings. The molecule has 1 rings (SSSR count). The third-order valence-electron chi connectivity index (χ3n) is 1.65. The zero-order chi connectivity index (χ0) is 5.28. The Hall–Kier alpha value is -0.260. The summed E-state index contributed by atoms with van der Waals surface area (Å²) in [5, 5.41) is 0. The van der Waals surface area contributed by atoms with Gasteiger partial charge in [0.2, 0.25) is 0 Å². The van der Waals surface area contributed by atoms with Crippen LogP contribution in [-0.2, 0) is 0 Å². The van der Waals surface area contributed by atoms with Gasteiger partial charge in [0.25, 0.3) is 0 Å². The third kappa shape index (κ3) is 0.846. The van der Waals surface area contributed by atoms with Crippen molar-refractivity contribution in [3.05, 3.63) is 12.2 Å². The maximum absolute atomic E-state index is 2.30. The van der Waals surface area contributed by atoms with Gasteiger partial charge in [0.05, 0.1) is 0 Å². The van der Waals surface area contributed by atoms with Gasteiger partial charge in [-0.3, -0.25) is 0 Å². The molecule has 0 bridgehead atoms. The normalized spacial score (nSPS) is 28.1. The summed E-state index contributed by atoms with van der Waals surface area (Å²) in [6.07, 6.45) is 5.85. The van der Waals surface area contributed by atoms with Crippen LogP contribution in [-0.4, -0.2) is 0 Å². The monoisotopic (exact) mass is 96.1 g/mol. The van der Waals surface area contributed by atoms with Gasteiger partial charge >= 0.3 is 0 Å². The van der Waals surface area contributed by atoms with E-state index in [2.05, 4.69) is 26.0 Å². The lowest BCUT2D eigenvalue weighted by atomic mass is 9.85. The second-order valence-corrected chi connectivity index (χ2v) is 2.57. The Morgan fingerprint density at radius 3 is 2.14 bits per heavy atom. The minimum atomic E-state index is 0.866. The molecule has 1 unspecified atom stereocenters. The summed E-state index contributed by atoms with van der Waals surface area (Å²) in [5.41, 5.74) is 0. The molecule has 0 saturated heterocycles. The molecule has 0 amide bonds. The van der Waals surface area contributed by atoms with Gasteiger partial charge < -0.3 is 0 Å². The fourth-order valence-corrected chi connectivity index (χ4v) is 0.788. The predicted molar refractivity (Wildman–Crippen MR) is 32.1 cm³/mol. The van der Waals surface area contributed by atoms with E-state index in [9.17, 15) is 0 Å². The van der Waals surface area contributed by atoms with Crippen molar-refractivity contribution >= 4 is 0 Å². The first-order valence-corrected chi connectivity index (χ1v) is 2.97. The second-order valence-electron chi connectivity index (χ2n) is 2.57. The van der Waals surface area contributed by atoms with Gasteiger partial charge in [-0.05, 0) is 18.3 Å². The summed E-state index contributed by atoms with van der Waals surface area (Å²) in [6.45, 7) is 4.54. The lowest BCUT2D eigenvalue weighted by Crippen LogP contribution is -2.09. The van der Waals surface area contributed by atoms with Crippen LogP contribution < -0.4 is 0 Å². The van der Waals surface area contributed by atoms with Crippen molar-refractivity contribution in [3.8, 4) is 0 Å². The highest BCUT2D eigenvalue weighted by Crippen LogP contribution is 2.24. The molecule has 1 aliphatic carbocycles. The van der Waals surface area contributed by atoms with Crippen molar-refractivity contribution in [2.75, 3.05) is 0 Å². The first-order valence-electron chi connectivity index (χ1n) is 2.97. The van der Waals surface area contributed by atoms with Crippen LogP contribution in [0.1, 0.15) is 20.3 Å². The largest absolute Gasteiger partial charge is 0.0876 e. The molecule has 0 saturated carbocycles. The van der Waals surface area contributed by atoms with Crippen LogP contribution in [0.4, 0.5) is 0 Å². The Balaban J connectivity index is 2.29. The van der Waals surface area contributed by atoms with Crippen LogP contribution in [0.25, 0.3) is 0 Å². The Bertz CT molecular complexity index is 80.0. The molecule has 0 aliphatic heterocycles. The highest BCUT2D eigenvalue weighted by Gasteiger charge is 2.12. The number of allylic oxidation sites excluding steroid dienone is 2. The van der Waals surface area contributed by atoms with E-state index in [1.54, 1.807) is 0 Å². The lowest BCUT2D eigenvalue weighted by molar-refractivity contribution is 0.440. The van der Waals surface area contributed by atoms with E-state index in [1.807, 2.05) is 0 Å². The summed E-state index contributed by atoms with van der Waals surface area (Å²) >= 11 is 0. The van der Waals surface area contributed by atoms with Crippen molar-refractivity contribution in [1.82, 2.24) is 0 Å². The zero-order valence-corrected chi connectivity index (χ0v) is 5.02. The van der Waals surface area contributed by atoms with E-state index >= 15 is 0 Å². The van der Waals surface area contributed by atoms with Crippen molar-refractivity contribution in [2.45, 2.75) is 20.3 Å². The summed E-state index contributed by atoms with van der Waals surface area (Å²) < 4.78 is 0. The fourth-order valence-electron chi connectivity index (χ4n) is 0.788. The van der Waals surface area contributed by atoms with Crippen LogP contribution in [0.3, 0.4) is 0 Å². The summed E-state index contributed by atoms with van der Waals surface area (Å²) in [5.74, 6) is 1.77. The summed E-state index contributed by atoms with van der Waals surface area (Å²) in [4.78, 5) is 0. The quantitative estimate of drug-likeness (QED) is 0.439. The van der Waals surface area contributed by atoms with E-state index in [1.165, 1.54) is 6.42 Å². The average Bonchev–Trinajstić information content (AvgIpc) is 1.23. The van der Waals surface area contributed by atoms with Crippen LogP contribution in [0.15, 0.2) is 12.2 Å². The first kappa shape index (κ1) is 4.89. The van der Waals surface area contributed by atoms with E-state index in [0.717, 1.165) is 11.8 Å². The van der Waals surface area contributed by atoms with Gasteiger partial charge in [-0.2, -0.15) is 0 Å². The molecule has 0 aromatic heterocycles. The molecular formula is C7H12. The van der Waals surface area contributed by atoms with Crippen molar-refractivity contribution in [3.63, 3.8) is 0 Å². The molecule has 0 fully saturated rings. The standard InChI is InChI=1S/C7H12/c1-6(2)7-4-3-5-7/h3-4,6-7H,5H2,1-2H3. The SMILES string of the molecule is CC(C)C1C=CC1.